The Morgan fingerprint density at radius 1 is 1.21 bits per heavy atom. The number of unbranched alkanes of at least 4 members (excludes halogenated alkanes) is 3. The van der Waals surface area contributed by atoms with Crippen LogP contribution in [-0.4, -0.2) is 41.2 Å². The first-order valence-electron chi connectivity index (χ1n) is 9.25. The second-order valence-corrected chi connectivity index (χ2v) is 8.17. The summed E-state index contributed by atoms with van der Waals surface area (Å²) < 4.78 is 0. The number of allylic oxidation sites excluding steroid dienone is 1. The fraction of sp³-hybridized carbons (Fsp3) is 0.700. The monoisotopic (exact) mass is 332 g/mol. The highest BCUT2D eigenvalue weighted by Crippen LogP contribution is 2.33. The van der Waals surface area contributed by atoms with Crippen LogP contribution in [0.4, 0.5) is 0 Å². The van der Waals surface area contributed by atoms with Crippen LogP contribution in [0.3, 0.4) is 0 Å². The molecule has 0 aromatic rings. The van der Waals surface area contributed by atoms with E-state index >= 15 is 0 Å². The van der Waals surface area contributed by atoms with Gasteiger partial charge in [0.15, 0.2) is 0 Å². The lowest BCUT2D eigenvalue weighted by Crippen LogP contribution is -2.30. The van der Waals surface area contributed by atoms with Gasteiger partial charge in [0.2, 0.25) is 5.91 Å². The summed E-state index contributed by atoms with van der Waals surface area (Å²) in [6, 6.07) is 0. The topological polar surface area (TPSA) is 40.6 Å². The maximum absolute atomic E-state index is 12.3. The Labute approximate surface area is 146 Å². The van der Waals surface area contributed by atoms with E-state index in [1.165, 1.54) is 0 Å². The van der Waals surface area contributed by atoms with Crippen molar-refractivity contribution in [3.05, 3.63) is 24.4 Å². The second-order valence-electron chi connectivity index (χ2n) is 8.17. The first kappa shape index (κ1) is 18.8. The molecule has 0 unspecified atom stereocenters. The van der Waals surface area contributed by atoms with Crippen LogP contribution in [0.15, 0.2) is 24.4 Å². The molecule has 0 spiro atoms. The molecule has 2 rings (SSSR count). The summed E-state index contributed by atoms with van der Waals surface area (Å²) in [7, 11) is 0. The van der Waals surface area contributed by atoms with Crippen molar-refractivity contribution in [2.75, 3.05) is 19.6 Å². The molecule has 24 heavy (non-hydrogen) atoms. The molecule has 0 aliphatic carbocycles. The highest BCUT2D eigenvalue weighted by Gasteiger charge is 2.33. The lowest BCUT2D eigenvalue weighted by Gasteiger charge is -2.27. The number of hydrogen-bond donors (Lipinski definition) is 0. The zero-order valence-electron chi connectivity index (χ0n) is 15.5. The number of hydrogen-bond acceptors (Lipinski definition) is 2. The molecule has 2 aliphatic rings. The molecular formula is C20H32N2O2. The molecule has 4 heteroatoms. The molecule has 2 aliphatic heterocycles. The van der Waals surface area contributed by atoms with Gasteiger partial charge in [0.05, 0.1) is 0 Å². The fourth-order valence-electron chi connectivity index (χ4n) is 3.49. The maximum Gasteiger partial charge on any atom is 0.251 e. The first-order chi connectivity index (χ1) is 11.3. The summed E-state index contributed by atoms with van der Waals surface area (Å²) in [6.07, 6.45) is 9.15. The molecule has 1 atom stereocenters. The van der Waals surface area contributed by atoms with Crippen molar-refractivity contribution in [2.45, 2.75) is 59.3 Å². The van der Waals surface area contributed by atoms with Gasteiger partial charge < -0.3 is 9.80 Å². The minimum Gasteiger partial charge on any atom is -0.342 e. The second kappa shape index (κ2) is 8.00. The lowest BCUT2D eigenvalue weighted by molar-refractivity contribution is -0.130. The Hall–Kier alpha value is -1.58. The van der Waals surface area contributed by atoms with E-state index in [1.54, 1.807) is 17.1 Å². The zero-order valence-corrected chi connectivity index (χ0v) is 15.5. The lowest BCUT2D eigenvalue weighted by atomic mass is 9.80. The van der Waals surface area contributed by atoms with Crippen molar-refractivity contribution < 1.29 is 9.59 Å². The van der Waals surface area contributed by atoms with Crippen LogP contribution in [0.1, 0.15) is 59.3 Å². The number of amides is 2. The van der Waals surface area contributed by atoms with Crippen molar-refractivity contribution in [1.82, 2.24) is 9.80 Å². The number of carbonyl (C=O) groups excluding carboxylic acids is 2. The molecule has 0 radical (unpaired) electrons. The van der Waals surface area contributed by atoms with E-state index < -0.39 is 0 Å². The number of rotatable bonds is 7. The Kier molecular flexibility index (Phi) is 6.25. The van der Waals surface area contributed by atoms with Gasteiger partial charge in [-0.15, -0.1) is 0 Å². The summed E-state index contributed by atoms with van der Waals surface area (Å²) in [4.78, 5) is 27.6. The summed E-state index contributed by atoms with van der Waals surface area (Å²) >= 11 is 0. The van der Waals surface area contributed by atoms with Gasteiger partial charge in [-0.2, -0.15) is 0 Å². The third-order valence-electron chi connectivity index (χ3n) is 5.32. The van der Waals surface area contributed by atoms with Gasteiger partial charge in [-0.25, -0.2) is 0 Å². The van der Waals surface area contributed by atoms with Gasteiger partial charge in [0.25, 0.3) is 5.91 Å². The average molecular weight is 332 g/mol. The van der Waals surface area contributed by atoms with Crippen molar-refractivity contribution in [3.63, 3.8) is 0 Å². The standard InChI is InChI=1S/C20H32N2O2/c1-16-10-11-19(24)22(16)13-8-6-5-7-9-18(23)21-14-12-17(15-21)20(2,3)4/h10-11,17H,1,5-9,12-15H2,2-4H3/t17-/m0/s1. The van der Waals surface area contributed by atoms with Crippen molar-refractivity contribution in [2.24, 2.45) is 11.3 Å². The predicted molar refractivity (Wildman–Crippen MR) is 97.2 cm³/mol. The van der Waals surface area contributed by atoms with E-state index in [1.807, 2.05) is 0 Å². The van der Waals surface area contributed by atoms with Crippen LogP contribution in [-0.2, 0) is 9.59 Å². The quantitative estimate of drug-likeness (QED) is 0.666. The Balaban J connectivity index is 1.56. The number of nitrogens with zero attached hydrogens (tertiary/aromatic N) is 2. The molecule has 0 N–H and O–H groups in total. The number of carbonyl (C=O) groups is 2. The SMILES string of the molecule is C=C1C=CC(=O)N1CCCCCCC(=O)N1CC[C@H](C(C)(C)C)C1. The van der Waals surface area contributed by atoms with Crippen LogP contribution in [0.2, 0.25) is 0 Å². The van der Waals surface area contributed by atoms with Gasteiger partial charge in [-0.3, -0.25) is 9.59 Å². The van der Waals surface area contributed by atoms with Crippen LogP contribution in [0, 0.1) is 11.3 Å². The van der Waals surface area contributed by atoms with Gasteiger partial charge in [0.1, 0.15) is 0 Å². The minimum atomic E-state index is 0.0395. The van der Waals surface area contributed by atoms with E-state index in [0.717, 1.165) is 57.4 Å². The fourth-order valence-corrected chi connectivity index (χ4v) is 3.49. The van der Waals surface area contributed by atoms with Gasteiger partial charge in [0, 0.05) is 37.8 Å². The van der Waals surface area contributed by atoms with Gasteiger partial charge >= 0.3 is 0 Å². The summed E-state index contributed by atoms with van der Waals surface area (Å²) in [5.74, 6) is 0.979. The number of likely N-dealkylation sites (tertiary alicyclic amines) is 1. The van der Waals surface area contributed by atoms with E-state index in [0.29, 0.717) is 23.7 Å². The minimum absolute atomic E-state index is 0.0395. The van der Waals surface area contributed by atoms with Crippen LogP contribution in [0.5, 0.6) is 0 Å². The Morgan fingerprint density at radius 2 is 1.92 bits per heavy atom. The molecule has 1 saturated heterocycles. The molecule has 4 nitrogen and oxygen atoms in total. The van der Waals surface area contributed by atoms with E-state index in [4.69, 9.17) is 0 Å². The van der Waals surface area contributed by atoms with Crippen LogP contribution < -0.4 is 0 Å². The molecular weight excluding hydrogens is 300 g/mol. The highest BCUT2D eigenvalue weighted by molar-refractivity contribution is 5.92. The first-order valence-corrected chi connectivity index (χ1v) is 9.25. The largest absolute Gasteiger partial charge is 0.342 e. The molecule has 0 saturated carbocycles. The Bertz CT molecular complexity index is 498. The van der Waals surface area contributed by atoms with Gasteiger partial charge in [-0.1, -0.05) is 40.2 Å². The summed E-state index contributed by atoms with van der Waals surface area (Å²) in [6.45, 7) is 13.2. The molecule has 0 bridgehead atoms. The van der Waals surface area contributed by atoms with Gasteiger partial charge in [-0.05, 0) is 36.7 Å². The van der Waals surface area contributed by atoms with Crippen LogP contribution >= 0.6 is 0 Å². The molecule has 2 heterocycles. The summed E-state index contributed by atoms with van der Waals surface area (Å²) in [5, 5.41) is 0. The normalized spacial score (nSPS) is 21.2. The highest BCUT2D eigenvalue weighted by atomic mass is 16.2. The van der Waals surface area contributed by atoms with E-state index in [2.05, 4.69) is 32.3 Å². The molecule has 1 fully saturated rings. The average Bonchev–Trinajstić information content (AvgIpc) is 3.11. The zero-order chi connectivity index (χ0) is 17.7. The third-order valence-corrected chi connectivity index (χ3v) is 5.32. The Morgan fingerprint density at radius 3 is 2.50 bits per heavy atom. The smallest absolute Gasteiger partial charge is 0.251 e. The molecule has 0 aromatic heterocycles. The third kappa shape index (κ3) is 4.96. The van der Waals surface area contributed by atoms with Crippen LogP contribution in [0.25, 0.3) is 0 Å². The molecule has 134 valence electrons. The predicted octanol–water partition coefficient (Wildman–Crippen LogP) is 3.74. The molecule has 0 aromatic carbocycles. The van der Waals surface area contributed by atoms with Crippen molar-refractivity contribution in [1.29, 1.82) is 0 Å². The van der Waals surface area contributed by atoms with Crippen molar-refractivity contribution in [3.8, 4) is 0 Å². The van der Waals surface area contributed by atoms with E-state index in [-0.39, 0.29) is 5.91 Å². The van der Waals surface area contributed by atoms with Crippen molar-refractivity contribution >= 4 is 11.8 Å². The van der Waals surface area contributed by atoms with E-state index in [9.17, 15) is 9.59 Å². The summed E-state index contributed by atoms with van der Waals surface area (Å²) in [5.41, 5.74) is 1.08. The molecule has 2 amide bonds. The maximum atomic E-state index is 12.3.